The molecule has 0 aromatic carbocycles. The molecule has 6 nitrogen and oxygen atoms in total. The third-order valence-corrected chi connectivity index (χ3v) is 13.9. The second kappa shape index (κ2) is 67.1. The Hall–Kier alpha value is -4.45. The van der Waals surface area contributed by atoms with Gasteiger partial charge in [-0.3, -0.25) is 14.4 Å². The molecule has 0 saturated carbocycles. The van der Waals surface area contributed by atoms with Gasteiger partial charge in [-0.1, -0.05) is 296 Å². The molecule has 0 bridgehead atoms. The van der Waals surface area contributed by atoms with Crippen LogP contribution in [0.2, 0.25) is 0 Å². The van der Waals surface area contributed by atoms with Crippen LogP contribution in [0.1, 0.15) is 297 Å². The van der Waals surface area contributed by atoms with E-state index in [0.29, 0.717) is 19.3 Å². The van der Waals surface area contributed by atoms with Crippen molar-refractivity contribution in [2.45, 2.75) is 303 Å². The molecule has 454 valence electrons. The van der Waals surface area contributed by atoms with Crippen molar-refractivity contribution >= 4 is 17.9 Å². The SMILES string of the molecule is CC/C=C\C/C=C\C/C=C\C/C=C\C/C=C\C/C=C\C/C=C\CCCCCCCC(=O)OCC(COC(=O)CCCCCCCCCCCCCCCC)OC(=O)CCCCCCCCCC/C=C\C/C=C\C/C=C\C/C=C\CC. The minimum atomic E-state index is -0.795. The molecule has 0 aliphatic heterocycles. The maximum atomic E-state index is 12.9. The monoisotopic (exact) mass is 1110 g/mol. The molecule has 6 heteroatoms. The largest absolute Gasteiger partial charge is 0.462 e. The van der Waals surface area contributed by atoms with Gasteiger partial charge in [0.1, 0.15) is 13.2 Å². The van der Waals surface area contributed by atoms with Crippen molar-refractivity contribution in [2.75, 3.05) is 13.2 Å². The van der Waals surface area contributed by atoms with Crippen molar-refractivity contribution in [1.29, 1.82) is 0 Å². The summed E-state index contributed by atoms with van der Waals surface area (Å²) in [6.07, 6.45) is 94.5. The van der Waals surface area contributed by atoms with Gasteiger partial charge in [-0.25, -0.2) is 0 Å². The Bertz CT molecular complexity index is 1700. The number of hydrogen-bond donors (Lipinski definition) is 0. The van der Waals surface area contributed by atoms with Crippen LogP contribution in [0.15, 0.2) is 134 Å². The normalized spacial score (nSPS) is 13.0. The lowest BCUT2D eigenvalue weighted by molar-refractivity contribution is -0.167. The molecule has 0 rings (SSSR count). The van der Waals surface area contributed by atoms with Crippen molar-refractivity contribution < 1.29 is 28.6 Å². The molecule has 0 saturated heterocycles. The Morgan fingerprint density at radius 1 is 0.263 bits per heavy atom. The number of allylic oxidation sites excluding steroid dienone is 22. The standard InChI is InChI=1S/C74H122O6/c1-4-7-10-13-16-19-22-25-28-30-32-34-35-36-37-38-39-41-42-44-46-49-52-55-58-61-64-67-73(76)79-70-71(69-78-72(75)66-63-60-57-54-51-48-27-24-21-18-15-12-9-6-3)80-74(77)68-65-62-59-56-53-50-47-45-43-40-33-31-29-26-23-20-17-14-11-8-5-2/h7-8,10-11,16-17,19-20,25-26,28-29,32-34,36-37,39-41,44,46,71H,4-6,9,12-15,18,21-24,27,30-31,35,38,42-43,45,47-70H2,1-3H3/b10-7-,11-8-,19-16-,20-17-,28-25-,29-26-,34-32-,37-36-,40-33-,41-39-,46-44-. The average Bonchev–Trinajstić information content (AvgIpc) is 3.46. The number of carbonyl (C=O) groups excluding carboxylic acids is 3. The fourth-order valence-corrected chi connectivity index (χ4v) is 9.00. The molecule has 0 amide bonds. The zero-order valence-electron chi connectivity index (χ0n) is 52.0. The highest BCUT2D eigenvalue weighted by Gasteiger charge is 2.19. The lowest BCUT2D eigenvalue weighted by atomic mass is 10.0. The van der Waals surface area contributed by atoms with Crippen LogP contribution >= 0.6 is 0 Å². The molecule has 1 unspecified atom stereocenters. The first-order valence-corrected chi connectivity index (χ1v) is 33.2. The van der Waals surface area contributed by atoms with E-state index < -0.39 is 6.10 Å². The summed E-state index contributed by atoms with van der Waals surface area (Å²) in [4.78, 5) is 38.4. The molecule has 0 aliphatic carbocycles. The van der Waals surface area contributed by atoms with Crippen molar-refractivity contribution in [3.63, 3.8) is 0 Å². The highest BCUT2D eigenvalue weighted by atomic mass is 16.6. The van der Waals surface area contributed by atoms with Gasteiger partial charge in [0.25, 0.3) is 0 Å². The Morgan fingerprint density at radius 2 is 0.487 bits per heavy atom. The van der Waals surface area contributed by atoms with E-state index in [1.54, 1.807) is 0 Å². The van der Waals surface area contributed by atoms with Gasteiger partial charge in [-0.15, -0.1) is 0 Å². The van der Waals surface area contributed by atoms with E-state index in [9.17, 15) is 14.4 Å². The summed E-state index contributed by atoms with van der Waals surface area (Å²) < 4.78 is 16.9. The summed E-state index contributed by atoms with van der Waals surface area (Å²) in [5, 5.41) is 0. The molecule has 80 heavy (non-hydrogen) atoms. The third kappa shape index (κ3) is 64.4. The van der Waals surface area contributed by atoms with Crippen LogP contribution in [-0.2, 0) is 28.6 Å². The van der Waals surface area contributed by atoms with Crippen LogP contribution in [0, 0.1) is 0 Å². The maximum Gasteiger partial charge on any atom is 0.306 e. The van der Waals surface area contributed by atoms with Crippen molar-refractivity contribution in [2.24, 2.45) is 0 Å². The van der Waals surface area contributed by atoms with Crippen molar-refractivity contribution in [3.05, 3.63) is 134 Å². The molecule has 1 atom stereocenters. The number of hydrogen-bond acceptors (Lipinski definition) is 6. The molecule has 0 heterocycles. The topological polar surface area (TPSA) is 78.9 Å². The van der Waals surface area contributed by atoms with Crippen LogP contribution in [-0.4, -0.2) is 37.2 Å². The van der Waals surface area contributed by atoms with Gasteiger partial charge < -0.3 is 14.2 Å². The molecule has 0 radical (unpaired) electrons. The lowest BCUT2D eigenvalue weighted by Gasteiger charge is -2.18. The summed E-state index contributed by atoms with van der Waals surface area (Å²) in [6, 6.07) is 0. The first-order chi connectivity index (χ1) is 39.5. The molecule has 0 aromatic rings. The molecule has 0 fully saturated rings. The number of unbranched alkanes of at least 4 members (excludes halogenated alkanes) is 26. The van der Waals surface area contributed by atoms with Crippen LogP contribution in [0.3, 0.4) is 0 Å². The van der Waals surface area contributed by atoms with E-state index in [2.05, 4.69) is 154 Å². The fraction of sp³-hybridized carbons (Fsp3) is 0.662. The molecule has 0 N–H and O–H groups in total. The Morgan fingerprint density at radius 3 is 0.762 bits per heavy atom. The van der Waals surface area contributed by atoms with E-state index in [0.717, 1.165) is 154 Å². The second-order valence-electron chi connectivity index (χ2n) is 21.6. The van der Waals surface area contributed by atoms with Gasteiger partial charge in [-0.2, -0.15) is 0 Å². The summed E-state index contributed by atoms with van der Waals surface area (Å²) in [5.74, 6) is -0.910. The van der Waals surface area contributed by atoms with E-state index in [1.165, 1.54) is 103 Å². The minimum Gasteiger partial charge on any atom is -0.462 e. The number of esters is 3. The van der Waals surface area contributed by atoms with Crippen LogP contribution in [0.5, 0.6) is 0 Å². The third-order valence-electron chi connectivity index (χ3n) is 13.9. The zero-order valence-corrected chi connectivity index (χ0v) is 52.0. The smallest absolute Gasteiger partial charge is 0.306 e. The summed E-state index contributed by atoms with van der Waals surface area (Å²) in [6.45, 7) is 6.41. The molecular weight excluding hydrogens is 985 g/mol. The van der Waals surface area contributed by atoms with Gasteiger partial charge in [0, 0.05) is 19.3 Å². The van der Waals surface area contributed by atoms with E-state index in [1.807, 2.05) is 0 Å². The highest BCUT2D eigenvalue weighted by molar-refractivity contribution is 5.71. The van der Waals surface area contributed by atoms with Gasteiger partial charge >= 0.3 is 17.9 Å². The number of ether oxygens (including phenoxy) is 3. The van der Waals surface area contributed by atoms with Crippen LogP contribution < -0.4 is 0 Å². The van der Waals surface area contributed by atoms with Crippen molar-refractivity contribution in [3.8, 4) is 0 Å². The van der Waals surface area contributed by atoms with E-state index in [4.69, 9.17) is 14.2 Å². The predicted octanol–water partition coefficient (Wildman–Crippen LogP) is 22.9. The van der Waals surface area contributed by atoms with Crippen LogP contribution in [0.4, 0.5) is 0 Å². The quantitative estimate of drug-likeness (QED) is 0.0261. The summed E-state index contributed by atoms with van der Waals surface area (Å²) in [7, 11) is 0. The maximum absolute atomic E-state index is 12.9. The number of carbonyl (C=O) groups is 3. The lowest BCUT2D eigenvalue weighted by Crippen LogP contribution is -2.30. The Balaban J connectivity index is 4.41. The first-order valence-electron chi connectivity index (χ1n) is 33.2. The molecular formula is C74H122O6. The van der Waals surface area contributed by atoms with Crippen molar-refractivity contribution in [1.82, 2.24) is 0 Å². The van der Waals surface area contributed by atoms with Gasteiger partial charge in [0.2, 0.25) is 0 Å². The predicted molar refractivity (Wildman–Crippen MR) is 348 cm³/mol. The Kier molecular flexibility index (Phi) is 63.3. The summed E-state index contributed by atoms with van der Waals surface area (Å²) in [5.41, 5.74) is 0. The average molecular weight is 1110 g/mol. The second-order valence-corrected chi connectivity index (χ2v) is 21.6. The number of rotatable bonds is 59. The van der Waals surface area contributed by atoms with Crippen LogP contribution in [0.25, 0.3) is 0 Å². The first kappa shape index (κ1) is 75.5. The fourth-order valence-electron chi connectivity index (χ4n) is 9.00. The molecule has 0 aromatic heterocycles. The van der Waals surface area contributed by atoms with Gasteiger partial charge in [-0.05, 0) is 116 Å². The highest BCUT2D eigenvalue weighted by Crippen LogP contribution is 2.16. The van der Waals surface area contributed by atoms with E-state index >= 15 is 0 Å². The Labute approximate surface area is 494 Å². The zero-order chi connectivity index (χ0) is 57.8. The van der Waals surface area contributed by atoms with Gasteiger partial charge in [0.15, 0.2) is 6.10 Å². The van der Waals surface area contributed by atoms with Gasteiger partial charge in [0.05, 0.1) is 0 Å². The summed E-state index contributed by atoms with van der Waals surface area (Å²) >= 11 is 0. The molecule has 0 spiro atoms. The van der Waals surface area contributed by atoms with E-state index in [-0.39, 0.29) is 31.1 Å². The minimum absolute atomic E-state index is 0.0887. The molecule has 0 aliphatic rings.